The normalized spacial score (nSPS) is 60.9. The van der Waals surface area contributed by atoms with E-state index in [0.29, 0.717) is 38.4 Å². The molecule has 0 aromatic rings. The molecule has 5 saturated carbocycles. The van der Waals surface area contributed by atoms with E-state index >= 15 is 0 Å². The number of hydrogen-bond acceptors (Lipinski definition) is 1. The van der Waals surface area contributed by atoms with E-state index in [0.717, 1.165) is 24.2 Å². The Labute approximate surface area is 193 Å². The van der Waals surface area contributed by atoms with E-state index in [1.165, 1.54) is 64.2 Å². The van der Waals surface area contributed by atoms with Gasteiger partial charge in [-0.3, -0.25) is 0 Å². The first-order chi connectivity index (χ1) is 14.2. The maximum Gasteiger partial charge on any atom is 0.0571 e. The molecular formula is C30H52O. The van der Waals surface area contributed by atoms with E-state index in [9.17, 15) is 5.11 Å². The smallest absolute Gasteiger partial charge is 0.0571 e. The van der Waals surface area contributed by atoms with Crippen LogP contribution >= 0.6 is 0 Å². The van der Waals surface area contributed by atoms with Crippen LogP contribution in [0.25, 0.3) is 0 Å². The van der Waals surface area contributed by atoms with Crippen LogP contribution in [0.15, 0.2) is 0 Å². The van der Waals surface area contributed by atoms with Crippen molar-refractivity contribution in [3.63, 3.8) is 0 Å². The molecule has 0 saturated heterocycles. The molecule has 31 heavy (non-hydrogen) atoms. The minimum absolute atomic E-state index is 0.0781. The molecule has 0 aliphatic heterocycles. The molecule has 5 aliphatic rings. The van der Waals surface area contributed by atoms with Gasteiger partial charge in [0, 0.05) is 0 Å². The first-order valence-corrected chi connectivity index (χ1v) is 13.9. The van der Waals surface area contributed by atoms with Gasteiger partial charge in [-0.1, -0.05) is 55.4 Å². The minimum atomic E-state index is -0.0781. The zero-order valence-corrected chi connectivity index (χ0v) is 22.1. The summed E-state index contributed by atoms with van der Waals surface area (Å²) < 4.78 is 0. The molecule has 5 rings (SSSR count). The van der Waals surface area contributed by atoms with Gasteiger partial charge in [-0.05, 0) is 127 Å². The van der Waals surface area contributed by atoms with Crippen LogP contribution in [0.3, 0.4) is 0 Å². The van der Waals surface area contributed by atoms with Crippen molar-refractivity contribution in [3.8, 4) is 0 Å². The average Bonchev–Trinajstić information content (AvgIpc) is 2.69. The second-order valence-corrected chi connectivity index (χ2v) is 15.5. The summed E-state index contributed by atoms with van der Waals surface area (Å²) in [6, 6.07) is 0. The minimum Gasteiger partial charge on any atom is -0.393 e. The van der Waals surface area contributed by atoms with E-state index in [1.807, 2.05) is 0 Å². The maximum atomic E-state index is 10.7. The topological polar surface area (TPSA) is 20.2 Å². The largest absolute Gasteiger partial charge is 0.393 e. The van der Waals surface area contributed by atoms with Gasteiger partial charge in [-0.15, -0.1) is 0 Å². The fourth-order valence-corrected chi connectivity index (χ4v) is 11.4. The Morgan fingerprint density at radius 1 is 0.581 bits per heavy atom. The number of aliphatic hydroxyl groups excluding tert-OH is 1. The standard InChI is InChI=1S/C30H52O/c1-20-21(31)9-10-22-27(20,5)12-11-23-28(22,6)16-18-30(8)24-19-25(2,3)13-14-26(24,4)15-17-29(23,30)7/h20-24,31H,9-19H2,1-8H3/t20-,21-,22+,23-,24+,26+,27+,28-,29+,30-/m1/s1. The van der Waals surface area contributed by atoms with E-state index in [2.05, 4.69) is 55.4 Å². The fraction of sp³-hybridized carbons (Fsp3) is 1.00. The molecule has 0 spiro atoms. The molecule has 5 aliphatic carbocycles. The molecule has 1 heteroatoms. The lowest BCUT2D eigenvalue weighted by molar-refractivity contribution is -0.263. The lowest BCUT2D eigenvalue weighted by Crippen LogP contribution is -2.67. The van der Waals surface area contributed by atoms with Crippen LogP contribution in [-0.4, -0.2) is 11.2 Å². The first-order valence-electron chi connectivity index (χ1n) is 13.9. The summed E-state index contributed by atoms with van der Waals surface area (Å²) in [4.78, 5) is 0. The Kier molecular flexibility index (Phi) is 4.80. The molecule has 0 aromatic heterocycles. The number of hydrogen-bond donors (Lipinski definition) is 1. The number of aliphatic hydroxyl groups is 1. The van der Waals surface area contributed by atoms with Gasteiger partial charge in [0.15, 0.2) is 0 Å². The molecule has 1 nitrogen and oxygen atoms in total. The van der Waals surface area contributed by atoms with Crippen molar-refractivity contribution in [2.24, 2.45) is 56.2 Å². The second-order valence-electron chi connectivity index (χ2n) is 15.5. The second kappa shape index (κ2) is 6.55. The van der Waals surface area contributed by atoms with Gasteiger partial charge in [-0.2, -0.15) is 0 Å². The molecular weight excluding hydrogens is 376 g/mol. The monoisotopic (exact) mass is 428 g/mol. The van der Waals surface area contributed by atoms with Crippen molar-refractivity contribution in [2.45, 2.75) is 132 Å². The third-order valence-electron chi connectivity index (χ3n) is 13.9. The van der Waals surface area contributed by atoms with Gasteiger partial charge in [0.25, 0.3) is 0 Å². The van der Waals surface area contributed by atoms with Crippen molar-refractivity contribution < 1.29 is 5.11 Å². The summed E-state index contributed by atoms with van der Waals surface area (Å²) in [6.07, 6.45) is 15.1. The van der Waals surface area contributed by atoms with Crippen LogP contribution in [0.4, 0.5) is 0 Å². The van der Waals surface area contributed by atoms with Gasteiger partial charge >= 0.3 is 0 Å². The average molecular weight is 429 g/mol. The highest BCUT2D eigenvalue weighted by Crippen LogP contribution is 2.78. The molecule has 0 bridgehead atoms. The highest BCUT2D eigenvalue weighted by atomic mass is 16.3. The van der Waals surface area contributed by atoms with Crippen LogP contribution < -0.4 is 0 Å². The van der Waals surface area contributed by atoms with Gasteiger partial charge in [0.1, 0.15) is 0 Å². The van der Waals surface area contributed by atoms with Crippen molar-refractivity contribution in [1.82, 2.24) is 0 Å². The van der Waals surface area contributed by atoms with E-state index in [1.54, 1.807) is 0 Å². The summed E-state index contributed by atoms with van der Waals surface area (Å²) in [6.45, 7) is 20.9. The third-order valence-corrected chi connectivity index (χ3v) is 13.9. The van der Waals surface area contributed by atoms with Gasteiger partial charge < -0.3 is 5.11 Å². The van der Waals surface area contributed by atoms with Crippen LogP contribution in [-0.2, 0) is 0 Å². The highest BCUT2D eigenvalue weighted by Gasteiger charge is 2.70. The summed E-state index contributed by atoms with van der Waals surface area (Å²) >= 11 is 0. The van der Waals surface area contributed by atoms with Crippen LogP contribution in [0.2, 0.25) is 0 Å². The summed E-state index contributed by atoms with van der Waals surface area (Å²) in [7, 11) is 0. The molecule has 0 amide bonds. The van der Waals surface area contributed by atoms with Crippen LogP contribution in [0.1, 0.15) is 126 Å². The quantitative estimate of drug-likeness (QED) is 0.412. The Balaban J connectivity index is 1.54. The van der Waals surface area contributed by atoms with Gasteiger partial charge in [0.05, 0.1) is 6.10 Å². The first kappa shape index (κ1) is 22.7. The number of fused-ring (bicyclic) bond motifs is 7. The Hall–Kier alpha value is -0.0400. The highest BCUT2D eigenvalue weighted by molar-refractivity contribution is 5.19. The summed E-state index contributed by atoms with van der Waals surface area (Å²) in [5.74, 6) is 3.02. The van der Waals surface area contributed by atoms with E-state index < -0.39 is 0 Å². The zero-order chi connectivity index (χ0) is 22.7. The fourth-order valence-electron chi connectivity index (χ4n) is 11.4. The van der Waals surface area contributed by atoms with Crippen LogP contribution in [0, 0.1) is 56.2 Å². The predicted octanol–water partition coefficient (Wildman–Crippen LogP) is 8.25. The van der Waals surface area contributed by atoms with E-state index in [4.69, 9.17) is 0 Å². The van der Waals surface area contributed by atoms with Crippen molar-refractivity contribution in [3.05, 3.63) is 0 Å². The molecule has 178 valence electrons. The molecule has 0 radical (unpaired) electrons. The Morgan fingerprint density at radius 3 is 1.90 bits per heavy atom. The molecule has 0 heterocycles. The van der Waals surface area contributed by atoms with Crippen molar-refractivity contribution in [1.29, 1.82) is 0 Å². The molecule has 5 fully saturated rings. The molecule has 0 aromatic carbocycles. The Morgan fingerprint density at radius 2 is 1.19 bits per heavy atom. The summed E-state index contributed by atoms with van der Waals surface area (Å²) in [5.41, 5.74) is 2.88. The van der Waals surface area contributed by atoms with Crippen molar-refractivity contribution in [2.75, 3.05) is 0 Å². The zero-order valence-electron chi connectivity index (χ0n) is 22.1. The lowest BCUT2D eigenvalue weighted by Gasteiger charge is -2.75. The predicted molar refractivity (Wildman–Crippen MR) is 131 cm³/mol. The molecule has 0 unspecified atom stereocenters. The SMILES string of the molecule is C[C@@H]1[C@H](O)CC[C@H]2[C@@]1(C)CC[C@@H]1[C@]2(C)CC[C@]2(C)[C@H]3CC(C)(C)CC[C@@]3(C)CC[C@@]12C. The number of rotatable bonds is 0. The van der Waals surface area contributed by atoms with Crippen molar-refractivity contribution >= 4 is 0 Å². The maximum absolute atomic E-state index is 10.7. The third kappa shape index (κ3) is 2.77. The van der Waals surface area contributed by atoms with Crippen LogP contribution in [0.5, 0.6) is 0 Å². The van der Waals surface area contributed by atoms with Gasteiger partial charge in [0.2, 0.25) is 0 Å². The Bertz CT molecular complexity index is 741. The summed E-state index contributed by atoms with van der Waals surface area (Å²) in [5, 5.41) is 10.7. The lowest BCUT2D eigenvalue weighted by atomic mass is 9.30. The van der Waals surface area contributed by atoms with E-state index in [-0.39, 0.29) is 6.10 Å². The van der Waals surface area contributed by atoms with Gasteiger partial charge in [-0.25, -0.2) is 0 Å². The molecule has 1 N–H and O–H groups in total. The molecule has 10 atom stereocenters.